The van der Waals surface area contributed by atoms with Gasteiger partial charge in [-0.15, -0.1) is 0 Å². The summed E-state index contributed by atoms with van der Waals surface area (Å²) < 4.78 is 38.5. The van der Waals surface area contributed by atoms with Gasteiger partial charge in [0.25, 0.3) is 5.91 Å². The first-order valence-corrected chi connectivity index (χ1v) is 8.87. The molecule has 1 aromatic carbocycles. The van der Waals surface area contributed by atoms with E-state index in [2.05, 4.69) is 27.1 Å². The number of carbonyl (C=O) groups excluding carboxylic acids is 1. The molecular weight excluding hydrogens is 381 g/mol. The van der Waals surface area contributed by atoms with Crippen molar-refractivity contribution in [3.63, 3.8) is 0 Å². The van der Waals surface area contributed by atoms with E-state index in [1.54, 1.807) is 0 Å². The fourth-order valence-corrected chi connectivity index (χ4v) is 2.99. The number of benzene rings is 1. The van der Waals surface area contributed by atoms with Gasteiger partial charge in [-0.1, -0.05) is 18.5 Å². The maximum Gasteiger partial charge on any atom is 0.416 e. The Morgan fingerprint density at radius 3 is 2.52 bits per heavy atom. The molecule has 0 unspecified atom stereocenters. The minimum atomic E-state index is -4.53. The Morgan fingerprint density at radius 2 is 1.93 bits per heavy atom. The van der Waals surface area contributed by atoms with Crippen LogP contribution in [0.15, 0.2) is 30.6 Å². The Bertz CT molecular complexity index is 818. The van der Waals surface area contributed by atoms with E-state index in [1.807, 2.05) is 0 Å². The van der Waals surface area contributed by atoms with Crippen molar-refractivity contribution >= 4 is 29.0 Å². The van der Waals surface area contributed by atoms with Crippen LogP contribution in [-0.4, -0.2) is 29.0 Å². The second kappa shape index (κ2) is 7.72. The minimum Gasteiger partial charge on any atom is -0.355 e. The number of nitrogens with one attached hydrogen (secondary N) is 1. The van der Waals surface area contributed by atoms with Crippen molar-refractivity contribution in [3.05, 3.63) is 46.9 Å². The fourth-order valence-electron chi connectivity index (χ4n) is 2.82. The highest BCUT2D eigenvalue weighted by Gasteiger charge is 2.31. The number of carbonyl (C=O) groups is 1. The molecule has 1 fully saturated rings. The van der Waals surface area contributed by atoms with Crippen LogP contribution in [0.5, 0.6) is 0 Å². The molecule has 9 heteroatoms. The third-order valence-electron chi connectivity index (χ3n) is 4.52. The molecule has 144 valence electrons. The van der Waals surface area contributed by atoms with Gasteiger partial charge in [-0.25, -0.2) is 9.97 Å². The van der Waals surface area contributed by atoms with E-state index >= 15 is 0 Å². The maximum absolute atomic E-state index is 12.8. The number of anilines is 2. The van der Waals surface area contributed by atoms with Crippen LogP contribution < -0.4 is 10.2 Å². The summed E-state index contributed by atoms with van der Waals surface area (Å²) >= 11 is 5.89. The van der Waals surface area contributed by atoms with Crippen LogP contribution in [0, 0.1) is 5.92 Å². The summed E-state index contributed by atoms with van der Waals surface area (Å²) in [4.78, 5) is 22.7. The summed E-state index contributed by atoms with van der Waals surface area (Å²) in [6.45, 7) is 3.96. The van der Waals surface area contributed by atoms with E-state index in [0.717, 1.165) is 44.1 Å². The van der Waals surface area contributed by atoms with Crippen LogP contribution in [0.4, 0.5) is 24.7 Å². The number of aromatic nitrogens is 2. The van der Waals surface area contributed by atoms with E-state index in [-0.39, 0.29) is 16.4 Å². The quantitative estimate of drug-likeness (QED) is 0.818. The standard InChI is InChI=1S/C18H18ClF3N4O/c1-11-4-6-26(7-5-11)16-10-23-15(9-24-16)17(27)25-14-8-12(18(20,21)22)2-3-13(14)19/h2-3,8-11H,4-7H2,1H3,(H,25,27). The molecule has 0 bridgehead atoms. The van der Waals surface area contributed by atoms with Gasteiger partial charge in [-0.2, -0.15) is 13.2 Å². The van der Waals surface area contributed by atoms with Crippen LogP contribution >= 0.6 is 11.6 Å². The van der Waals surface area contributed by atoms with E-state index in [4.69, 9.17) is 11.6 Å². The van der Waals surface area contributed by atoms with Crippen molar-refractivity contribution < 1.29 is 18.0 Å². The molecule has 2 aromatic rings. The average Bonchev–Trinajstić information content (AvgIpc) is 2.63. The summed E-state index contributed by atoms with van der Waals surface area (Å²) in [5.74, 6) is 0.676. The molecule has 1 amide bonds. The van der Waals surface area contributed by atoms with Crippen LogP contribution in [0.25, 0.3) is 0 Å². The molecule has 1 aromatic heterocycles. The Morgan fingerprint density at radius 1 is 1.22 bits per heavy atom. The van der Waals surface area contributed by atoms with E-state index in [0.29, 0.717) is 11.7 Å². The second-order valence-electron chi connectivity index (χ2n) is 6.58. The zero-order valence-corrected chi connectivity index (χ0v) is 15.3. The number of hydrogen-bond acceptors (Lipinski definition) is 4. The first-order chi connectivity index (χ1) is 12.7. The lowest BCUT2D eigenvalue weighted by Gasteiger charge is -2.30. The van der Waals surface area contributed by atoms with Gasteiger partial charge in [0.2, 0.25) is 0 Å². The predicted molar refractivity (Wildman–Crippen MR) is 97.1 cm³/mol. The molecule has 0 spiro atoms. The van der Waals surface area contributed by atoms with Gasteiger partial charge in [0, 0.05) is 13.1 Å². The summed E-state index contributed by atoms with van der Waals surface area (Å²) in [6, 6.07) is 2.73. The SMILES string of the molecule is CC1CCN(c2cnc(C(=O)Nc3cc(C(F)(F)F)ccc3Cl)cn2)CC1. The first-order valence-electron chi connectivity index (χ1n) is 8.49. The zero-order valence-electron chi connectivity index (χ0n) is 14.6. The number of amides is 1. The fraction of sp³-hybridized carbons (Fsp3) is 0.389. The van der Waals surface area contributed by atoms with Gasteiger partial charge in [-0.05, 0) is 37.0 Å². The lowest BCUT2D eigenvalue weighted by Crippen LogP contribution is -2.33. The van der Waals surface area contributed by atoms with Gasteiger partial charge in [-0.3, -0.25) is 4.79 Å². The van der Waals surface area contributed by atoms with Gasteiger partial charge in [0.15, 0.2) is 0 Å². The molecule has 1 aliphatic rings. The zero-order chi connectivity index (χ0) is 19.6. The smallest absolute Gasteiger partial charge is 0.355 e. The van der Waals surface area contributed by atoms with Crippen molar-refractivity contribution in [1.82, 2.24) is 9.97 Å². The first kappa shape index (κ1) is 19.4. The van der Waals surface area contributed by atoms with E-state index < -0.39 is 17.6 Å². The Balaban J connectivity index is 1.71. The summed E-state index contributed by atoms with van der Waals surface area (Å²) in [7, 11) is 0. The third kappa shape index (κ3) is 4.68. The van der Waals surface area contributed by atoms with Crippen molar-refractivity contribution in [2.24, 2.45) is 5.92 Å². The Kier molecular flexibility index (Phi) is 5.55. The van der Waals surface area contributed by atoms with Gasteiger partial charge in [0.05, 0.1) is 28.7 Å². The van der Waals surface area contributed by atoms with E-state index in [9.17, 15) is 18.0 Å². The number of halogens is 4. The molecule has 27 heavy (non-hydrogen) atoms. The molecule has 1 N–H and O–H groups in total. The molecule has 0 aliphatic carbocycles. The van der Waals surface area contributed by atoms with Gasteiger partial charge >= 0.3 is 6.18 Å². The summed E-state index contributed by atoms with van der Waals surface area (Å²) in [5, 5.41) is 2.36. The maximum atomic E-state index is 12.8. The van der Waals surface area contributed by atoms with Crippen LogP contribution in [0.1, 0.15) is 35.8 Å². The van der Waals surface area contributed by atoms with Crippen molar-refractivity contribution in [3.8, 4) is 0 Å². The predicted octanol–water partition coefficient (Wildman–Crippen LogP) is 4.64. The number of hydrogen-bond donors (Lipinski definition) is 1. The van der Waals surface area contributed by atoms with Crippen LogP contribution in [0.3, 0.4) is 0 Å². The van der Waals surface area contributed by atoms with E-state index in [1.165, 1.54) is 12.4 Å². The molecule has 0 radical (unpaired) electrons. The van der Waals surface area contributed by atoms with Crippen LogP contribution in [0.2, 0.25) is 5.02 Å². The second-order valence-corrected chi connectivity index (χ2v) is 6.98. The number of alkyl halides is 3. The Hall–Kier alpha value is -2.35. The molecule has 3 rings (SSSR count). The highest BCUT2D eigenvalue weighted by atomic mass is 35.5. The van der Waals surface area contributed by atoms with Crippen molar-refractivity contribution in [2.75, 3.05) is 23.3 Å². The average molecular weight is 399 g/mol. The molecular formula is C18H18ClF3N4O. The summed E-state index contributed by atoms with van der Waals surface area (Å²) in [6.07, 6.45) is 0.413. The van der Waals surface area contributed by atoms with Gasteiger partial charge in [0.1, 0.15) is 11.5 Å². The third-order valence-corrected chi connectivity index (χ3v) is 4.85. The molecule has 0 saturated carbocycles. The molecule has 0 atom stereocenters. The van der Waals surface area contributed by atoms with Crippen molar-refractivity contribution in [1.29, 1.82) is 0 Å². The summed E-state index contributed by atoms with van der Waals surface area (Å²) in [5.41, 5.74) is -1.03. The minimum absolute atomic E-state index is 0.00222. The van der Waals surface area contributed by atoms with Gasteiger partial charge < -0.3 is 10.2 Å². The highest BCUT2D eigenvalue weighted by Crippen LogP contribution is 2.34. The highest BCUT2D eigenvalue weighted by molar-refractivity contribution is 6.33. The lowest BCUT2D eigenvalue weighted by atomic mass is 9.99. The monoisotopic (exact) mass is 398 g/mol. The topological polar surface area (TPSA) is 58.1 Å². The normalized spacial score (nSPS) is 15.7. The number of nitrogens with zero attached hydrogens (tertiary/aromatic N) is 3. The largest absolute Gasteiger partial charge is 0.416 e. The van der Waals surface area contributed by atoms with Crippen molar-refractivity contribution in [2.45, 2.75) is 25.9 Å². The molecule has 1 aliphatic heterocycles. The lowest BCUT2D eigenvalue weighted by molar-refractivity contribution is -0.137. The number of piperidine rings is 1. The number of rotatable bonds is 3. The molecule has 5 nitrogen and oxygen atoms in total. The Labute approximate surface area is 159 Å². The van der Waals surface area contributed by atoms with Crippen LogP contribution in [-0.2, 0) is 6.18 Å². The molecule has 1 saturated heterocycles. The molecule has 2 heterocycles.